The Labute approximate surface area is 116 Å². The highest BCUT2D eigenvalue weighted by Crippen LogP contribution is 2.28. The summed E-state index contributed by atoms with van der Waals surface area (Å²) in [6.07, 6.45) is 2.59. The molecule has 0 atom stereocenters. The molecule has 0 amide bonds. The number of halogens is 2. The quantitative estimate of drug-likeness (QED) is 0.905. The van der Waals surface area contributed by atoms with Gasteiger partial charge < -0.3 is 10.2 Å². The van der Waals surface area contributed by atoms with Gasteiger partial charge in [-0.05, 0) is 30.9 Å². The van der Waals surface area contributed by atoms with E-state index in [1.807, 2.05) is 0 Å². The van der Waals surface area contributed by atoms with Gasteiger partial charge in [-0.2, -0.15) is 0 Å². The number of nitrogens with zero attached hydrogens (tertiary/aromatic N) is 1. The number of hydrogen-bond acceptors (Lipinski definition) is 3. The summed E-state index contributed by atoms with van der Waals surface area (Å²) in [5, 5.41) is 0.0656. The standard InChI is InChI=1S/C14H18ClFN2O/c1-14(2,5-6-17)4-3-13-18-11-7-9(15)10(16)8-12(11)19-13/h7-8H,3-6,17H2,1-2H3. The van der Waals surface area contributed by atoms with E-state index in [0.29, 0.717) is 30.0 Å². The molecule has 104 valence electrons. The molecule has 1 aromatic heterocycles. The molecule has 5 heteroatoms. The Morgan fingerprint density at radius 2 is 2.11 bits per heavy atom. The van der Waals surface area contributed by atoms with E-state index >= 15 is 0 Å². The minimum Gasteiger partial charge on any atom is -0.441 e. The van der Waals surface area contributed by atoms with E-state index in [9.17, 15) is 4.39 Å². The summed E-state index contributed by atoms with van der Waals surface area (Å²) < 4.78 is 18.8. The van der Waals surface area contributed by atoms with Crippen LogP contribution in [0.1, 0.15) is 32.6 Å². The number of fused-ring (bicyclic) bond motifs is 1. The van der Waals surface area contributed by atoms with E-state index in [1.165, 1.54) is 12.1 Å². The molecule has 0 aliphatic heterocycles. The van der Waals surface area contributed by atoms with Gasteiger partial charge in [0.05, 0.1) is 5.02 Å². The zero-order valence-corrected chi connectivity index (χ0v) is 11.9. The summed E-state index contributed by atoms with van der Waals surface area (Å²) in [6, 6.07) is 2.77. The van der Waals surface area contributed by atoms with Crippen LogP contribution in [0.25, 0.3) is 11.1 Å². The summed E-state index contributed by atoms with van der Waals surface area (Å²) in [4.78, 5) is 4.33. The van der Waals surface area contributed by atoms with Crippen LogP contribution >= 0.6 is 11.6 Å². The average Bonchev–Trinajstić information content (AvgIpc) is 2.69. The molecule has 1 heterocycles. The van der Waals surface area contributed by atoms with Crippen molar-refractivity contribution >= 4 is 22.7 Å². The van der Waals surface area contributed by atoms with Crippen molar-refractivity contribution < 1.29 is 8.81 Å². The molecule has 0 unspecified atom stereocenters. The predicted octanol–water partition coefficient (Wildman–Crippen LogP) is 3.93. The van der Waals surface area contributed by atoms with Crippen LogP contribution in [0.4, 0.5) is 4.39 Å². The van der Waals surface area contributed by atoms with Gasteiger partial charge in [0.15, 0.2) is 11.5 Å². The third-order valence-corrected chi connectivity index (χ3v) is 3.60. The normalized spacial score (nSPS) is 12.3. The Kier molecular flexibility index (Phi) is 4.11. The van der Waals surface area contributed by atoms with E-state index in [4.69, 9.17) is 21.8 Å². The number of benzene rings is 1. The Morgan fingerprint density at radius 3 is 2.79 bits per heavy atom. The third kappa shape index (κ3) is 3.45. The second-order valence-electron chi connectivity index (χ2n) is 5.54. The van der Waals surface area contributed by atoms with Gasteiger partial charge in [-0.25, -0.2) is 9.37 Å². The van der Waals surface area contributed by atoms with Crippen molar-refractivity contribution in [3.05, 3.63) is 28.9 Å². The Hall–Kier alpha value is -1.13. The SMILES string of the molecule is CC(C)(CCN)CCc1nc2cc(Cl)c(F)cc2o1. The molecule has 0 saturated carbocycles. The van der Waals surface area contributed by atoms with Crippen LogP contribution < -0.4 is 5.73 Å². The summed E-state index contributed by atoms with van der Waals surface area (Å²) in [5.74, 6) is 0.127. The van der Waals surface area contributed by atoms with Crippen LogP contribution in [0.5, 0.6) is 0 Å². The first-order valence-electron chi connectivity index (χ1n) is 6.36. The van der Waals surface area contributed by atoms with Crippen molar-refractivity contribution in [1.29, 1.82) is 0 Å². The maximum Gasteiger partial charge on any atom is 0.195 e. The second-order valence-corrected chi connectivity index (χ2v) is 5.95. The molecule has 0 saturated heterocycles. The van der Waals surface area contributed by atoms with E-state index in [1.54, 1.807) is 0 Å². The van der Waals surface area contributed by atoms with Crippen molar-refractivity contribution in [2.24, 2.45) is 11.1 Å². The number of hydrogen-bond donors (Lipinski definition) is 1. The van der Waals surface area contributed by atoms with Crippen molar-refractivity contribution in [2.45, 2.75) is 33.1 Å². The largest absolute Gasteiger partial charge is 0.441 e. The summed E-state index contributed by atoms with van der Waals surface area (Å²) in [6.45, 7) is 5.00. The minimum atomic E-state index is -0.486. The third-order valence-electron chi connectivity index (χ3n) is 3.31. The first-order chi connectivity index (χ1) is 8.91. The molecule has 0 spiro atoms. The van der Waals surface area contributed by atoms with Crippen LogP contribution in [0.2, 0.25) is 5.02 Å². The summed E-state index contributed by atoms with van der Waals surface area (Å²) in [5.41, 5.74) is 6.77. The fraction of sp³-hybridized carbons (Fsp3) is 0.500. The molecule has 3 nitrogen and oxygen atoms in total. The fourth-order valence-corrected chi connectivity index (χ4v) is 2.20. The lowest BCUT2D eigenvalue weighted by atomic mass is 9.84. The molecule has 0 aliphatic rings. The molecule has 2 N–H and O–H groups in total. The van der Waals surface area contributed by atoms with Gasteiger partial charge in [0.1, 0.15) is 11.3 Å². The number of aromatic nitrogens is 1. The zero-order chi connectivity index (χ0) is 14.0. The first kappa shape index (κ1) is 14.3. The van der Waals surface area contributed by atoms with Gasteiger partial charge in [-0.1, -0.05) is 25.4 Å². The first-order valence-corrected chi connectivity index (χ1v) is 6.73. The smallest absolute Gasteiger partial charge is 0.195 e. The van der Waals surface area contributed by atoms with Gasteiger partial charge in [-0.15, -0.1) is 0 Å². The molecular weight excluding hydrogens is 267 g/mol. The van der Waals surface area contributed by atoms with Crippen molar-refractivity contribution in [3.63, 3.8) is 0 Å². The Bertz CT molecular complexity index is 541. The Balaban J connectivity index is 2.14. The van der Waals surface area contributed by atoms with Gasteiger partial charge in [0, 0.05) is 12.5 Å². The number of nitrogens with two attached hydrogens (primary N) is 1. The molecule has 0 radical (unpaired) electrons. The lowest BCUT2D eigenvalue weighted by Gasteiger charge is -2.22. The van der Waals surface area contributed by atoms with E-state index in [-0.39, 0.29) is 10.4 Å². The highest BCUT2D eigenvalue weighted by Gasteiger charge is 2.18. The number of rotatable bonds is 5. The molecular formula is C14H18ClFN2O. The summed E-state index contributed by atoms with van der Waals surface area (Å²) >= 11 is 5.72. The molecule has 0 bridgehead atoms. The maximum absolute atomic E-state index is 13.3. The van der Waals surface area contributed by atoms with E-state index < -0.39 is 5.82 Å². The maximum atomic E-state index is 13.3. The van der Waals surface area contributed by atoms with Gasteiger partial charge in [0.2, 0.25) is 0 Å². The van der Waals surface area contributed by atoms with Crippen LogP contribution in [-0.2, 0) is 6.42 Å². The molecule has 2 aromatic rings. The van der Waals surface area contributed by atoms with Gasteiger partial charge in [-0.3, -0.25) is 0 Å². The topological polar surface area (TPSA) is 52.0 Å². The monoisotopic (exact) mass is 284 g/mol. The highest BCUT2D eigenvalue weighted by molar-refractivity contribution is 6.31. The van der Waals surface area contributed by atoms with Crippen molar-refractivity contribution in [2.75, 3.05) is 6.54 Å². The van der Waals surface area contributed by atoms with Crippen molar-refractivity contribution in [3.8, 4) is 0 Å². The fourth-order valence-electron chi connectivity index (χ4n) is 2.04. The predicted molar refractivity (Wildman–Crippen MR) is 74.8 cm³/mol. The lowest BCUT2D eigenvalue weighted by Crippen LogP contribution is -2.17. The van der Waals surface area contributed by atoms with Crippen LogP contribution in [0.3, 0.4) is 0 Å². The van der Waals surface area contributed by atoms with Crippen LogP contribution in [0.15, 0.2) is 16.5 Å². The number of aryl methyl sites for hydroxylation is 1. The second kappa shape index (κ2) is 5.47. The Morgan fingerprint density at radius 1 is 1.37 bits per heavy atom. The summed E-state index contributed by atoms with van der Waals surface area (Å²) in [7, 11) is 0. The lowest BCUT2D eigenvalue weighted by molar-refractivity contribution is 0.302. The molecule has 1 aromatic carbocycles. The van der Waals surface area contributed by atoms with Crippen molar-refractivity contribution in [1.82, 2.24) is 4.98 Å². The molecule has 2 rings (SSSR count). The van der Waals surface area contributed by atoms with Gasteiger partial charge >= 0.3 is 0 Å². The van der Waals surface area contributed by atoms with E-state index in [0.717, 1.165) is 12.8 Å². The van der Waals surface area contributed by atoms with Crippen LogP contribution in [0, 0.1) is 11.2 Å². The van der Waals surface area contributed by atoms with Gasteiger partial charge in [0.25, 0.3) is 0 Å². The average molecular weight is 285 g/mol. The zero-order valence-electron chi connectivity index (χ0n) is 11.2. The molecule has 19 heavy (non-hydrogen) atoms. The highest BCUT2D eigenvalue weighted by atomic mass is 35.5. The number of oxazole rings is 1. The molecule has 0 aliphatic carbocycles. The molecule has 0 fully saturated rings. The van der Waals surface area contributed by atoms with Crippen LogP contribution in [-0.4, -0.2) is 11.5 Å². The minimum absolute atomic E-state index is 0.0656. The van der Waals surface area contributed by atoms with E-state index in [2.05, 4.69) is 18.8 Å².